The predicted molar refractivity (Wildman–Crippen MR) is 63.1 cm³/mol. The lowest BCUT2D eigenvalue weighted by Crippen LogP contribution is -2.11. The lowest BCUT2D eigenvalue weighted by molar-refractivity contribution is 0.329. The van der Waals surface area contributed by atoms with Crippen LogP contribution in [-0.4, -0.2) is 0 Å². The highest BCUT2D eigenvalue weighted by Gasteiger charge is 2.15. The highest BCUT2D eigenvalue weighted by Crippen LogP contribution is 2.27. The molecular weight excluding hydrogens is 168 g/mol. The van der Waals surface area contributed by atoms with E-state index in [-0.39, 0.29) is 0 Å². The summed E-state index contributed by atoms with van der Waals surface area (Å²) in [6.45, 7) is 9.17. The van der Waals surface area contributed by atoms with Crippen LogP contribution in [0.25, 0.3) is 0 Å². The number of hydrogen-bond acceptors (Lipinski definition) is 0. The molecule has 0 heterocycles. The quantitative estimate of drug-likeness (QED) is 0.664. The molecule has 1 unspecified atom stereocenters. The molecule has 0 nitrogen and oxygen atoms in total. The number of hydrogen-bond donors (Lipinski definition) is 0. The molecular formula is C14H21. The molecule has 0 saturated heterocycles. The minimum absolute atomic E-state index is 0.421. The van der Waals surface area contributed by atoms with E-state index in [2.05, 4.69) is 64.4 Å². The van der Waals surface area contributed by atoms with E-state index in [0.717, 1.165) is 0 Å². The summed E-state index contributed by atoms with van der Waals surface area (Å²) in [6, 6.07) is 10.6. The predicted octanol–water partition coefficient (Wildman–Crippen LogP) is 4.31. The zero-order valence-electron chi connectivity index (χ0n) is 9.75. The van der Waals surface area contributed by atoms with Crippen LogP contribution < -0.4 is 0 Å². The molecule has 0 aliphatic rings. The van der Waals surface area contributed by atoms with Crippen LogP contribution in [0.5, 0.6) is 0 Å². The van der Waals surface area contributed by atoms with E-state index in [1.807, 2.05) is 0 Å². The first-order valence-corrected chi connectivity index (χ1v) is 5.37. The van der Waals surface area contributed by atoms with Crippen LogP contribution in [0.15, 0.2) is 30.3 Å². The van der Waals surface area contributed by atoms with Crippen molar-refractivity contribution < 1.29 is 0 Å². The fraction of sp³-hybridized carbons (Fsp3) is 0.500. The lowest BCUT2D eigenvalue weighted by atomic mass is 9.83. The molecule has 0 amide bonds. The summed E-state index contributed by atoms with van der Waals surface area (Å²) < 4.78 is 0. The molecule has 1 atom stereocenters. The average molecular weight is 189 g/mol. The summed E-state index contributed by atoms with van der Waals surface area (Å²) in [5.41, 5.74) is 1.76. The summed E-state index contributed by atoms with van der Waals surface area (Å²) in [6.07, 6.45) is 3.59. The van der Waals surface area contributed by atoms with Crippen molar-refractivity contribution in [3.63, 3.8) is 0 Å². The van der Waals surface area contributed by atoms with E-state index in [4.69, 9.17) is 0 Å². The fourth-order valence-corrected chi connectivity index (χ4v) is 1.92. The monoisotopic (exact) mass is 189 g/mol. The van der Waals surface area contributed by atoms with Gasteiger partial charge in [-0.3, -0.25) is 0 Å². The van der Waals surface area contributed by atoms with Crippen molar-refractivity contribution in [3.05, 3.63) is 42.3 Å². The Balaban J connectivity index is 2.46. The van der Waals surface area contributed by atoms with Gasteiger partial charge in [0.15, 0.2) is 0 Å². The third kappa shape index (κ3) is 4.45. The van der Waals surface area contributed by atoms with Gasteiger partial charge < -0.3 is 0 Å². The van der Waals surface area contributed by atoms with E-state index in [9.17, 15) is 0 Å². The molecule has 0 spiro atoms. The van der Waals surface area contributed by atoms with Crippen molar-refractivity contribution >= 4 is 0 Å². The normalized spacial score (nSPS) is 14.0. The molecule has 1 aromatic rings. The molecule has 0 N–H and O–H groups in total. The van der Waals surface area contributed by atoms with Crippen LogP contribution in [0.3, 0.4) is 0 Å². The van der Waals surface area contributed by atoms with Crippen molar-refractivity contribution in [3.8, 4) is 0 Å². The van der Waals surface area contributed by atoms with Crippen molar-refractivity contribution in [2.24, 2.45) is 11.3 Å². The minimum atomic E-state index is 0.421. The Morgan fingerprint density at radius 2 is 1.71 bits per heavy atom. The van der Waals surface area contributed by atoms with Crippen LogP contribution in [0.2, 0.25) is 0 Å². The molecule has 1 aromatic carbocycles. The molecule has 0 saturated carbocycles. The molecule has 0 fully saturated rings. The van der Waals surface area contributed by atoms with Crippen LogP contribution in [0.4, 0.5) is 0 Å². The maximum atomic E-state index is 2.35. The summed E-state index contributed by atoms with van der Waals surface area (Å²) in [5.74, 6) is 0.650. The van der Waals surface area contributed by atoms with Gasteiger partial charge in [-0.05, 0) is 29.7 Å². The average Bonchev–Trinajstić information content (AvgIpc) is 2.02. The van der Waals surface area contributed by atoms with Crippen LogP contribution in [0.1, 0.15) is 39.7 Å². The van der Waals surface area contributed by atoms with Gasteiger partial charge in [-0.25, -0.2) is 0 Å². The standard InChI is InChI=1S/C14H21/c1-12(11-14(2,3)4)10-13-8-6-5-7-9-13/h5-10,12H,11H2,1-4H3. The smallest absolute Gasteiger partial charge is 0.00646 e. The maximum absolute atomic E-state index is 2.35. The molecule has 0 aliphatic heterocycles. The van der Waals surface area contributed by atoms with E-state index >= 15 is 0 Å². The third-order valence-corrected chi connectivity index (χ3v) is 2.21. The Kier molecular flexibility index (Phi) is 3.74. The number of benzene rings is 1. The fourth-order valence-electron chi connectivity index (χ4n) is 1.92. The molecule has 0 heteroatoms. The molecule has 0 bridgehead atoms. The second-order valence-electron chi connectivity index (χ2n) is 5.32. The second kappa shape index (κ2) is 4.63. The first kappa shape index (κ1) is 11.3. The highest BCUT2D eigenvalue weighted by molar-refractivity contribution is 5.23. The first-order chi connectivity index (χ1) is 6.47. The molecule has 1 rings (SSSR count). The Morgan fingerprint density at radius 1 is 1.14 bits per heavy atom. The Bertz CT molecular complexity index is 253. The van der Waals surface area contributed by atoms with Crippen molar-refractivity contribution in [1.82, 2.24) is 0 Å². The van der Waals surface area contributed by atoms with Crippen molar-refractivity contribution in [2.45, 2.75) is 34.1 Å². The molecule has 0 aliphatic carbocycles. The van der Waals surface area contributed by atoms with Crippen LogP contribution >= 0.6 is 0 Å². The zero-order valence-corrected chi connectivity index (χ0v) is 9.75. The SMILES string of the molecule is CC([CH]c1ccccc1)CC(C)(C)C. The van der Waals surface area contributed by atoms with Gasteiger partial charge >= 0.3 is 0 Å². The van der Waals surface area contributed by atoms with Gasteiger partial charge in [-0.1, -0.05) is 58.0 Å². The van der Waals surface area contributed by atoms with Crippen molar-refractivity contribution in [2.75, 3.05) is 0 Å². The maximum Gasteiger partial charge on any atom is -0.00646 e. The van der Waals surface area contributed by atoms with Gasteiger partial charge in [0, 0.05) is 0 Å². The second-order valence-corrected chi connectivity index (χ2v) is 5.32. The van der Waals surface area contributed by atoms with Crippen LogP contribution in [0, 0.1) is 17.8 Å². The summed E-state index contributed by atoms with van der Waals surface area (Å²) >= 11 is 0. The van der Waals surface area contributed by atoms with Gasteiger partial charge in [0.05, 0.1) is 0 Å². The molecule has 0 aromatic heterocycles. The summed E-state index contributed by atoms with van der Waals surface area (Å²) in [7, 11) is 0. The molecule has 14 heavy (non-hydrogen) atoms. The lowest BCUT2D eigenvalue weighted by Gasteiger charge is -2.22. The molecule has 1 radical (unpaired) electrons. The first-order valence-electron chi connectivity index (χ1n) is 5.37. The Morgan fingerprint density at radius 3 is 2.21 bits per heavy atom. The van der Waals surface area contributed by atoms with E-state index in [1.54, 1.807) is 0 Å². The van der Waals surface area contributed by atoms with Gasteiger partial charge in [-0.2, -0.15) is 0 Å². The van der Waals surface area contributed by atoms with Gasteiger partial charge in [0.2, 0.25) is 0 Å². The minimum Gasteiger partial charge on any atom is -0.0622 e. The van der Waals surface area contributed by atoms with Gasteiger partial charge in [-0.15, -0.1) is 0 Å². The summed E-state index contributed by atoms with van der Waals surface area (Å²) in [5, 5.41) is 0. The van der Waals surface area contributed by atoms with E-state index in [1.165, 1.54) is 12.0 Å². The van der Waals surface area contributed by atoms with Gasteiger partial charge in [0.1, 0.15) is 0 Å². The largest absolute Gasteiger partial charge is 0.0622 e. The van der Waals surface area contributed by atoms with E-state index < -0.39 is 0 Å². The van der Waals surface area contributed by atoms with Crippen LogP contribution in [-0.2, 0) is 0 Å². The summed E-state index contributed by atoms with van der Waals surface area (Å²) in [4.78, 5) is 0. The zero-order chi connectivity index (χ0) is 10.6. The van der Waals surface area contributed by atoms with E-state index in [0.29, 0.717) is 11.3 Å². The third-order valence-electron chi connectivity index (χ3n) is 2.21. The number of rotatable bonds is 3. The Labute approximate surface area is 88.4 Å². The highest BCUT2D eigenvalue weighted by atomic mass is 14.2. The van der Waals surface area contributed by atoms with Crippen molar-refractivity contribution in [1.29, 1.82) is 0 Å². The molecule has 77 valence electrons. The van der Waals surface area contributed by atoms with Gasteiger partial charge in [0.25, 0.3) is 0 Å². The topological polar surface area (TPSA) is 0 Å². The Hall–Kier alpha value is -0.780.